The minimum atomic E-state index is 0.188. The van der Waals surface area contributed by atoms with Crippen molar-refractivity contribution in [1.29, 1.82) is 0 Å². The van der Waals surface area contributed by atoms with Crippen LogP contribution in [0.1, 0.15) is 18.4 Å². The topological polar surface area (TPSA) is 32.8 Å². The number of benzene rings is 1. The Hall–Kier alpha value is -1.10. The van der Waals surface area contributed by atoms with Gasteiger partial charge in [-0.2, -0.15) is 0 Å². The van der Waals surface area contributed by atoms with Gasteiger partial charge in [0.2, 0.25) is 5.91 Å². The Bertz CT molecular complexity index is 509. The fourth-order valence-corrected chi connectivity index (χ4v) is 3.54. The molecule has 0 radical (unpaired) electrons. The third-order valence-corrected chi connectivity index (χ3v) is 5.05. The lowest BCUT2D eigenvalue weighted by Crippen LogP contribution is -2.50. The Kier molecular flexibility index (Phi) is 5.34. The fourth-order valence-electron chi connectivity index (χ4n) is 3.34. The monoisotopic (exact) mass is 322 g/mol. The van der Waals surface area contributed by atoms with E-state index in [0.29, 0.717) is 17.5 Å². The standard InChI is InChI=1S/C17H23ClN2O2/c18-16-4-2-1-3-14(16)13-17(21)20-7-5-15(6-8-20)19-9-11-22-12-10-19/h1-4,15H,5-13H2. The first-order chi connectivity index (χ1) is 10.7. The number of ether oxygens (including phenoxy) is 1. The average Bonchev–Trinajstić information content (AvgIpc) is 2.58. The number of nitrogens with zero attached hydrogens (tertiary/aromatic N) is 2. The molecule has 0 aliphatic carbocycles. The van der Waals surface area contributed by atoms with Crippen molar-refractivity contribution in [1.82, 2.24) is 9.80 Å². The Labute approximate surface area is 137 Å². The van der Waals surface area contributed by atoms with Crippen LogP contribution in [-0.2, 0) is 16.0 Å². The number of hydrogen-bond donors (Lipinski definition) is 0. The van der Waals surface area contributed by atoms with E-state index in [-0.39, 0.29) is 5.91 Å². The van der Waals surface area contributed by atoms with E-state index in [2.05, 4.69) is 4.90 Å². The summed E-state index contributed by atoms with van der Waals surface area (Å²) < 4.78 is 5.41. The van der Waals surface area contributed by atoms with Crippen LogP contribution < -0.4 is 0 Å². The summed E-state index contributed by atoms with van der Waals surface area (Å²) in [5.41, 5.74) is 0.921. The minimum Gasteiger partial charge on any atom is -0.379 e. The Morgan fingerprint density at radius 2 is 1.82 bits per heavy atom. The summed E-state index contributed by atoms with van der Waals surface area (Å²) in [6, 6.07) is 8.20. The van der Waals surface area contributed by atoms with Crippen LogP contribution in [0.15, 0.2) is 24.3 Å². The predicted molar refractivity (Wildman–Crippen MR) is 87.2 cm³/mol. The Balaban J connectivity index is 1.50. The number of amides is 1. The first-order valence-corrected chi connectivity index (χ1v) is 8.45. The van der Waals surface area contributed by atoms with E-state index in [1.807, 2.05) is 29.2 Å². The second-order valence-electron chi connectivity index (χ2n) is 6.03. The minimum absolute atomic E-state index is 0.188. The van der Waals surface area contributed by atoms with E-state index in [4.69, 9.17) is 16.3 Å². The zero-order chi connectivity index (χ0) is 15.4. The summed E-state index contributed by atoms with van der Waals surface area (Å²) >= 11 is 6.14. The lowest BCUT2D eigenvalue weighted by Gasteiger charge is -2.40. The summed E-state index contributed by atoms with van der Waals surface area (Å²) in [4.78, 5) is 16.9. The maximum atomic E-state index is 12.4. The molecule has 2 heterocycles. The second-order valence-corrected chi connectivity index (χ2v) is 6.44. The van der Waals surface area contributed by atoms with Gasteiger partial charge in [-0.25, -0.2) is 0 Å². The molecule has 1 aromatic carbocycles. The highest BCUT2D eigenvalue weighted by Gasteiger charge is 2.27. The molecule has 2 saturated heterocycles. The van der Waals surface area contributed by atoms with Gasteiger partial charge in [0.05, 0.1) is 19.6 Å². The molecule has 0 aromatic heterocycles. The van der Waals surface area contributed by atoms with Crippen LogP contribution in [0.3, 0.4) is 0 Å². The second kappa shape index (κ2) is 7.44. The lowest BCUT2D eigenvalue weighted by atomic mass is 10.0. The normalized spacial score (nSPS) is 21.0. The van der Waals surface area contributed by atoms with Crippen molar-refractivity contribution in [3.63, 3.8) is 0 Å². The van der Waals surface area contributed by atoms with Gasteiger partial charge < -0.3 is 9.64 Å². The average molecular weight is 323 g/mol. The molecule has 0 unspecified atom stereocenters. The van der Waals surface area contributed by atoms with Crippen molar-refractivity contribution in [3.8, 4) is 0 Å². The number of morpholine rings is 1. The SMILES string of the molecule is O=C(Cc1ccccc1Cl)N1CCC(N2CCOCC2)CC1. The predicted octanol–water partition coefficient (Wildman–Crippen LogP) is 2.21. The third kappa shape index (κ3) is 3.80. The highest BCUT2D eigenvalue weighted by Crippen LogP contribution is 2.20. The smallest absolute Gasteiger partial charge is 0.227 e. The van der Waals surface area contributed by atoms with E-state index >= 15 is 0 Å². The van der Waals surface area contributed by atoms with E-state index < -0.39 is 0 Å². The van der Waals surface area contributed by atoms with E-state index in [9.17, 15) is 4.79 Å². The molecular formula is C17H23ClN2O2. The quantitative estimate of drug-likeness (QED) is 0.855. The van der Waals surface area contributed by atoms with Gasteiger partial charge in [0, 0.05) is 37.2 Å². The van der Waals surface area contributed by atoms with E-state index in [1.54, 1.807) is 0 Å². The number of hydrogen-bond acceptors (Lipinski definition) is 3. The molecule has 0 bridgehead atoms. The van der Waals surface area contributed by atoms with Gasteiger partial charge in [-0.05, 0) is 24.5 Å². The molecule has 1 aromatic rings. The van der Waals surface area contributed by atoms with Crippen molar-refractivity contribution in [3.05, 3.63) is 34.9 Å². The van der Waals surface area contributed by atoms with Crippen LogP contribution in [0.2, 0.25) is 5.02 Å². The van der Waals surface area contributed by atoms with Gasteiger partial charge in [-0.3, -0.25) is 9.69 Å². The fraction of sp³-hybridized carbons (Fsp3) is 0.588. The largest absolute Gasteiger partial charge is 0.379 e. The number of likely N-dealkylation sites (tertiary alicyclic amines) is 1. The molecule has 120 valence electrons. The van der Waals surface area contributed by atoms with Crippen LogP contribution in [0.25, 0.3) is 0 Å². The van der Waals surface area contributed by atoms with Crippen LogP contribution in [0.4, 0.5) is 0 Å². The van der Waals surface area contributed by atoms with Crippen molar-refractivity contribution in [2.45, 2.75) is 25.3 Å². The molecule has 1 amide bonds. The summed E-state index contributed by atoms with van der Waals surface area (Å²) in [6.07, 6.45) is 2.53. The number of piperidine rings is 1. The first kappa shape index (κ1) is 15.8. The molecule has 2 aliphatic rings. The number of carbonyl (C=O) groups is 1. The molecule has 0 atom stereocenters. The molecule has 2 aliphatic heterocycles. The maximum absolute atomic E-state index is 12.4. The van der Waals surface area contributed by atoms with Gasteiger partial charge in [0.25, 0.3) is 0 Å². The highest BCUT2D eigenvalue weighted by atomic mass is 35.5. The zero-order valence-corrected chi connectivity index (χ0v) is 13.6. The maximum Gasteiger partial charge on any atom is 0.227 e. The lowest BCUT2D eigenvalue weighted by molar-refractivity contribution is -0.132. The van der Waals surface area contributed by atoms with Crippen LogP contribution >= 0.6 is 11.6 Å². The Morgan fingerprint density at radius 1 is 1.14 bits per heavy atom. The summed E-state index contributed by atoms with van der Waals surface area (Å²) in [6.45, 7) is 5.43. The van der Waals surface area contributed by atoms with Crippen molar-refractivity contribution in [2.24, 2.45) is 0 Å². The summed E-state index contributed by atoms with van der Waals surface area (Å²) in [5, 5.41) is 0.680. The zero-order valence-electron chi connectivity index (χ0n) is 12.8. The molecular weight excluding hydrogens is 300 g/mol. The van der Waals surface area contributed by atoms with Crippen LogP contribution in [0, 0.1) is 0 Å². The van der Waals surface area contributed by atoms with Crippen molar-refractivity contribution in [2.75, 3.05) is 39.4 Å². The Morgan fingerprint density at radius 3 is 2.50 bits per heavy atom. The molecule has 0 spiro atoms. The van der Waals surface area contributed by atoms with Gasteiger partial charge in [-0.15, -0.1) is 0 Å². The third-order valence-electron chi connectivity index (χ3n) is 4.68. The first-order valence-electron chi connectivity index (χ1n) is 8.07. The van der Waals surface area contributed by atoms with E-state index in [1.165, 1.54) is 0 Å². The van der Waals surface area contributed by atoms with Gasteiger partial charge in [-0.1, -0.05) is 29.8 Å². The molecule has 0 saturated carbocycles. The molecule has 4 nitrogen and oxygen atoms in total. The molecule has 5 heteroatoms. The van der Waals surface area contributed by atoms with E-state index in [0.717, 1.165) is 57.8 Å². The van der Waals surface area contributed by atoms with Gasteiger partial charge in [0.1, 0.15) is 0 Å². The molecule has 3 rings (SSSR count). The van der Waals surface area contributed by atoms with Crippen LogP contribution in [0.5, 0.6) is 0 Å². The van der Waals surface area contributed by atoms with Gasteiger partial charge >= 0.3 is 0 Å². The number of rotatable bonds is 3. The molecule has 0 N–H and O–H groups in total. The van der Waals surface area contributed by atoms with Crippen molar-refractivity contribution < 1.29 is 9.53 Å². The van der Waals surface area contributed by atoms with Crippen LogP contribution in [-0.4, -0.2) is 61.1 Å². The molecule has 2 fully saturated rings. The summed E-state index contributed by atoms with van der Waals surface area (Å²) in [7, 11) is 0. The number of carbonyl (C=O) groups excluding carboxylic acids is 1. The number of halogens is 1. The summed E-state index contributed by atoms with van der Waals surface area (Å²) in [5.74, 6) is 0.188. The van der Waals surface area contributed by atoms with Gasteiger partial charge in [0.15, 0.2) is 0 Å². The van der Waals surface area contributed by atoms with Crippen molar-refractivity contribution >= 4 is 17.5 Å². The highest BCUT2D eigenvalue weighted by molar-refractivity contribution is 6.31. The molecule has 22 heavy (non-hydrogen) atoms.